The lowest BCUT2D eigenvalue weighted by Crippen LogP contribution is -2.40. The van der Waals surface area contributed by atoms with Crippen LogP contribution in [0.25, 0.3) is 0 Å². The van der Waals surface area contributed by atoms with Gasteiger partial charge in [-0.2, -0.15) is 0 Å². The molecular formula is C15H22F2N2. The molecule has 0 aromatic heterocycles. The van der Waals surface area contributed by atoms with Crippen LogP contribution in [0.3, 0.4) is 0 Å². The number of nitrogens with zero attached hydrogens (tertiary/aromatic N) is 1. The third kappa shape index (κ3) is 3.51. The number of halogens is 2. The van der Waals surface area contributed by atoms with Crippen molar-refractivity contribution in [1.82, 2.24) is 4.90 Å². The minimum absolute atomic E-state index is 0.0410. The first-order valence-electron chi connectivity index (χ1n) is 6.93. The molecule has 0 aliphatic carbocycles. The number of hydrogen-bond donors (Lipinski definition) is 1. The summed E-state index contributed by atoms with van der Waals surface area (Å²) in [6.45, 7) is 5.92. The Morgan fingerprint density at radius 3 is 2.11 bits per heavy atom. The van der Waals surface area contributed by atoms with Gasteiger partial charge in [0, 0.05) is 18.2 Å². The van der Waals surface area contributed by atoms with Gasteiger partial charge in [0.25, 0.3) is 0 Å². The van der Waals surface area contributed by atoms with E-state index in [2.05, 4.69) is 4.90 Å². The zero-order valence-corrected chi connectivity index (χ0v) is 11.6. The molecule has 2 N–H and O–H groups in total. The van der Waals surface area contributed by atoms with Crippen LogP contribution in [-0.4, -0.2) is 24.0 Å². The molecule has 2 unspecified atom stereocenters. The largest absolute Gasteiger partial charge is 0.328 e. The molecule has 1 aliphatic heterocycles. The molecule has 0 bridgehead atoms. The first-order valence-corrected chi connectivity index (χ1v) is 6.93. The lowest BCUT2D eigenvalue weighted by molar-refractivity contribution is 0.132. The Hall–Kier alpha value is -1.00. The van der Waals surface area contributed by atoms with E-state index in [1.807, 2.05) is 13.8 Å². The molecule has 0 saturated carbocycles. The summed E-state index contributed by atoms with van der Waals surface area (Å²) in [5.74, 6) is -0.452. The van der Waals surface area contributed by atoms with Gasteiger partial charge in [-0.3, -0.25) is 4.90 Å². The summed E-state index contributed by atoms with van der Waals surface area (Å²) >= 11 is 0. The van der Waals surface area contributed by atoms with Crippen LogP contribution in [0.2, 0.25) is 0 Å². The molecule has 0 amide bonds. The molecule has 2 rings (SSSR count). The van der Waals surface area contributed by atoms with E-state index in [-0.39, 0.29) is 12.1 Å². The Kier molecular flexibility index (Phi) is 4.53. The molecule has 1 fully saturated rings. The third-order valence-corrected chi connectivity index (χ3v) is 4.23. The first kappa shape index (κ1) is 14.4. The number of rotatable bonds is 3. The average Bonchev–Trinajstić information content (AvgIpc) is 2.37. The number of hydrogen-bond acceptors (Lipinski definition) is 2. The lowest BCUT2D eigenvalue weighted by atomic mass is 9.90. The van der Waals surface area contributed by atoms with Crippen LogP contribution in [0.4, 0.5) is 8.78 Å². The van der Waals surface area contributed by atoms with Gasteiger partial charge in [0.05, 0.1) is 0 Å². The van der Waals surface area contributed by atoms with Gasteiger partial charge in [0.15, 0.2) is 0 Å². The lowest BCUT2D eigenvalue weighted by Gasteiger charge is -2.37. The quantitative estimate of drug-likeness (QED) is 0.912. The van der Waals surface area contributed by atoms with Gasteiger partial charge in [0.2, 0.25) is 0 Å². The van der Waals surface area contributed by atoms with E-state index < -0.39 is 11.6 Å². The van der Waals surface area contributed by atoms with Gasteiger partial charge in [-0.15, -0.1) is 0 Å². The first-order chi connectivity index (χ1) is 8.97. The van der Waals surface area contributed by atoms with Crippen molar-refractivity contribution in [2.75, 3.05) is 13.1 Å². The summed E-state index contributed by atoms with van der Waals surface area (Å²) in [7, 11) is 0. The smallest absolute Gasteiger partial charge is 0.126 e. The van der Waals surface area contributed by atoms with E-state index in [0.29, 0.717) is 11.5 Å². The zero-order chi connectivity index (χ0) is 14.0. The van der Waals surface area contributed by atoms with Crippen LogP contribution in [0.1, 0.15) is 38.3 Å². The predicted octanol–water partition coefficient (Wildman–Crippen LogP) is 3.09. The fourth-order valence-electron chi connectivity index (χ4n) is 2.86. The number of piperidine rings is 1. The van der Waals surface area contributed by atoms with Crippen LogP contribution in [0.5, 0.6) is 0 Å². The fourth-order valence-corrected chi connectivity index (χ4v) is 2.86. The monoisotopic (exact) mass is 268 g/mol. The molecule has 1 aromatic carbocycles. The normalized spacial score (nSPS) is 21.3. The standard InChI is InChI=1S/C15H22F2N2/c1-10(18)12-3-5-19(6-4-12)11(2)13-7-14(16)9-15(17)8-13/h7-12H,3-6,18H2,1-2H3. The van der Waals surface area contributed by atoms with E-state index in [0.717, 1.165) is 32.0 Å². The molecule has 19 heavy (non-hydrogen) atoms. The van der Waals surface area contributed by atoms with E-state index in [4.69, 9.17) is 5.73 Å². The zero-order valence-electron chi connectivity index (χ0n) is 11.6. The Morgan fingerprint density at radius 2 is 1.63 bits per heavy atom. The van der Waals surface area contributed by atoms with Gasteiger partial charge in [-0.25, -0.2) is 8.78 Å². The number of nitrogens with two attached hydrogens (primary N) is 1. The van der Waals surface area contributed by atoms with Gasteiger partial charge < -0.3 is 5.73 Å². The van der Waals surface area contributed by atoms with Crippen LogP contribution >= 0.6 is 0 Å². The summed E-state index contributed by atoms with van der Waals surface area (Å²) in [6, 6.07) is 4.03. The van der Waals surface area contributed by atoms with Crippen LogP contribution in [0, 0.1) is 17.6 Å². The third-order valence-electron chi connectivity index (χ3n) is 4.23. The van der Waals surface area contributed by atoms with Crippen molar-refractivity contribution in [3.05, 3.63) is 35.4 Å². The van der Waals surface area contributed by atoms with Crippen molar-refractivity contribution in [3.8, 4) is 0 Å². The Balaban J connectivity index is 2.02. The molecule has 0 radical (unpaired) electrons. The molecule has 1 saturated heterocycles. The molecule has 1 aromatic rings. The number of benzene rings is 1. The summed E-state index contributed by atoms with van der Waals surface area (Å²) in [5, 5.41) is 0. The van der Waals surface area contributed by atoms with Crippen molar-refractivity contribution in [2.24, 2.45) is 11.7 Å². The average molecular weight is 268 g/mol. The van der Waals surface area contributed by atoms with E-state index in [9.17, 15) is 8.78 Å². The van der Waals surface area contributed by atoms with E-state index >= 15 is 0 Å². The Labute approximate surface area is 113 Å². The van der Waals surface area contributed by atoms with Crippen LogP contribution in [-0.2, 0) is 0 Å². The highest BCUT2D eigenvalue weighted by molar-refractivity contribution is 5.21. The highest BCUT2D eigenvalue weighted by Gasteiger charge is 2.25. The van der Waals surface area contributed by atoms with Crippen molar-refractivity contribution in [3.63, 3.8) is 0 Å². The van der Waals surface area contributed by atoms with Crippen LogP contribution in [0.15, 0.2) is 18.2 Å². The van der Waals surface area contributed by atoms with Gasteiger partial charge >= 0.3 is 0 Å². The second-order valence-corrected chi connectivity index (χ2v) is 5.61. The minimum Gasteiger partial charge on any atom is -0.328 e. The predicted molar refractivity (Wildman–Crippen MR) is 72.7 cm³/mol. The second kappa shape index (κ2) is 5.97. The summed E-state index contributed by atoms with van der Waals surface area (Å²) < 4.78 is 26.5. The van der Waals surface area contributed by atoms with Crippen molar-refractivity contribution < 1.29 is 8.78 Å². The molecular weight excluding hydrogens is 246 g/mol. The van der Waals surface area contributed by atoms with Gasteiger partial charge in [0.1, 0.15) is 11.6 Å². The molecule has 4 heteroatoms. The van der Waals surface area contributed by atoms with Gasteiger partial charge in [-0.05, 0) is 63.4 Å². The molecule has 1 heterocycles. The topological polar surface area (TPSA) is 29.3 Å². The molecule has 2 atom stereocenters. The molecule has 2 nitrogen and oxygen atoms in total. The summed E-state index contributed by atoms with van der Waals surface area (Å²) in [4.78, 5) is 2.27. The van der Waals surface area contributed by atoms with E-state index in [1.165, 1.54) is 12.1 Å². The van der Waals surface area contributed by atoms with Crippen molar-refractivity contribution >= 4 is 0 Å². The fraction of sp³-hybridized carbons (Fsp3) is 0.600. The molecule has 1 aliphatic rings. The maximum Gasteiger partial charge on any atom is 0.126 e. The van der Waals surface area contributed by atoms with Crippen molar-refractivity contribution in [2.45, 2.75) is 38.8 Å². The summed E-state index contributed by atoms with van der Waals surface area (Å²) in [6.07, 6.45) is 2.11. The maximum absolute atomic E-state index is 13.2. The second-order valence-electron chi connectivity index (χ2n) is 5.61. The highest BCUT2D eigenvalue weighted by atomic mass is 19.1. The maximum atomic E-state index is 13.2. The highest BCUT2D eigenvalue weighted by Crippen LogP contribution is 2.28. The van der Waals surface area contributed by atoms with E-state index in [1.54, 1.807) is 0 Å². The van der Waals surface area contributed by atoms with Gasteiger partial charge in [-0.1, -0.05) is 0 Å². The van der Waals surface area contributed by atoms with Crippen molar-refractivity contribution in [1.29, 1.82) is 0 Å². The minimum atomic E-state index is -0.507. The summed E-state index contributed by atoms with van der Waals surface area (Å²) in [5.41, 5.74) is 6.63. The Bertz CT molecular complexity index is 406. The molecule has 106 valence electrons. The van der Waals surface area contributed by atoms with Crippen LogP contribution < -0.4 is 5.73 Å². The SMILES string of the molecule is CC(N)C1CCN(C(C)c2cc(F)cc(F)c2)CC1. The Morgan fingerprint density at radius 1 is 1.11 bits per heavy atom. The molecule has 0 spiro atoms. The number of likely N-dealkylation sites (tertiary alicyclic amines) is 1.